The molecule has 0 radical (unpaired) electrons. The van der Waals surface area contributed by atoms with Gasteiger partial charge >= 0.3 is 0 Å². The third-order valence-corrected chi connectivity index (χ3v) is 3.98. The van der Waals surface area contributed by atoms with Crippen LogP contribution in [-0.4, -0.2) is 63.9 Å². The third-order valence-electron chi connectivity index (χ3n) is 3.98. The van der Waals surface area contributed by atoms with Crippen LogP contribution in [0.3, 0.4) is 0 Å². The average molecular weight is 478 g/mol. The Hall–Kier alpha value is -1.06. The number of hydrogen-bond donors (Lipinski definition) is 2. The largest absolute Gasteiger partial charge is 0.492 e. The van der Waals surface area contributed by atoms with Gasteiger partial charge in [-0.15, -0.1) is 24.0 Å². The maximum absolute atomic E-state index is 5.81. The summed E-state index contributed by atoms with van der Waals surface area (Å²) < 4.78 is 10.9. The zero-order valence-electron chi connectivity index (χ0n) is 16.7. The van der Waals surface area contributed by atoms with Crippen LogP contribution < -0.4 is 15.4 Å². The Bertz CT molecular complexity index is 493. The first-order chi connectivity index (χ1) is 12.1. The maximum Gasteiger partial charge on any atom is 0.191 e. The van der Waals surface area contributed by atoms with Crippen LogP contribution in [0.4, 0.5) is 0 Å². The lowest BCUT2D eigenvalue weighted by Gasteiger charge is -2.18. The molecule has 0 aromatic heterocycles. The number of rotatable bonds is 11. The van der Waals surface area contributed by atoms with Gasteiger partial charge in [0.15, 0.2) is 5.96 Å². The highest BCUT2D eigenvalue weighted by Gasteiger charge is 2.05. The quantitative estimate of drug-likeness (QED) is 0.291. The number of likely N-dealkylation sites (N-methyl/N-ethyl adjacent to an activating group) is 1. The molecule has 0 spiro atoms. The molecule has 0 aliphatic rings. The summed E-state index contributed by atoms with van der Waals surface area (Å²) in [5.41, 5.74) is 1.18. The SMILES string of the molecule is CCN(CC)CCOc1ccc(CNC(=NC)NC(C)COC)cc1.I. The lowest BCUT2D eigenvalue weighted by Crippen LogP contribution is -2.43. The van der Waals surface area contributed by atoms with Gasteiger partial charge in [0.2, 0.25) is 0 Å². The van der Waals surface area contributed by atoms with Gasteiger partial charge in [-0.1, -0.05) is 26.0 Å². The molecule has 150 valence electrons. The van der Waals surface area contributed by atoms with Gasteiger partial charge in [0.25, 0.3) is 0 Å². The molecule has 0 aliphatic heterocycles. The molecule has 1 rings (SSSR count). The first-order valence-electron chi connectivity index (χ1n) is 9.03. The first-order valence-corrected chi connectivity index (χ1v) is 9.03. The number of methoxy groups -OCH3 is 1. The molecule has 1 aromatic carbocycles. The lowest BCUT2D eigenvalue weighted by molar-refractivity contribution is 0.179. The Morgan fingerprint density at radius 2 is 1.85 bits per heavy atom. The summed E-state index contributed by atoms with van der Waals surface area (Å²) in [5.74, 6) is 1.68. The maximum atomic E-state index is 5.81. The van der Waals surface area contributed by atoms with Crippen LogP contribution in [0.25, 0.3) is 0 Å². The van der Waals surface area contributed by atoms with Gasteiger partial charge in [-0.2, -0.15) is 0 Å². The summed E-state index contributed by atoms with van der Waals surface area (Å²) in [6.45, 7) is 11.5. The first kappa shape index (κ1) is 24.9. The van der Waals surface area contributed by atoms with Crippen molar-refractivity contribution in [2.75, 3.05) is 47.0 Å². The van der Waals surface area contributed by atoms with E-state index in [9.17, 15) is 0 Å². The Labute approximate surface area is 175 Å². The van der Waals surface area contributed by atoms with E-state index in [2.05, 4.69) is 53.4 Å². The third kappa shape index (κ3) is 10.2. The standard InChI is InChI=1S/C19H34N4O2.HI/c1-6-23(7-2)12-13-25-18-10-8-17(9-11-18)14-21-19(20-4)22-16(3)15-24-5;/h8-11,16H,6-7,12-15H2,1-5H3,(H2,20,21,22);1H. The number of aliphatic imine (C=N–C) groups is 1. The van der Waals surface area contributed by atoms with E-state index in [-0.39, 0.29) is 30.0 Å². The number of nitrogens with one attached hydrogen (secondary N) is 2. The summed E-state index contributed by atoms with van der Waals surface area (Å²) >= 11 is 0. The van der Waals surface area contributed by atoms with Crippen molar-refractivity contribution in [1.82, 2.24) is 15.5 Å². The number of halogens is 1. The molecule has 0 heterocycles. The molecule has 7 heteroatoms. The van der Waals surface area contributed by atoms with Gasteiger partial charge in [-0.05, 0) is 37.7 Å². The van der Waals surface area contributed by atoms with E-state index in [4.69, 9.17) is 9.47 Å². The van der Waals surface area contributed by atoms with Gasteiger partial charge in [-0.25, -0.2) is 0 Å². The number of ether oxygens (including phenoxy) is 2. The van der Waals surface area contributed by atoms with Crippen molar-refractivity contribution < 1.29 is 9.47 Å². The van der Waals surface area contributed by atoms with Gasteiger partial charge in [-0.3, -0.25) is 4.99 Å². The van der Waals surface area contributed by atoms with Gasteiger partial charge in [0, 0.05) is 33.3 Å². The smallest absolute Gasteiger partial charge is 0.191 e. The molecule has 0 saturated heterocycles. The van der Waals surface area contributed by atoms with Crippen molar-refractivity contribution in [3.8, 4) is 5.75 Å². The normalized spacial score (nSPS) is 12.5. The molecule has 0 fully saturated rings. The molecule has 0 bridgehead atoms. The number of hydrogen-bond acceptors (Lipinski definition) is 4. The molecule has 0 aliphatic carbocycles. The van der Waals surface area contributed by atoms with Crippen molar-refractivity contribution in [3.05, 3.63) is 29.8 Å². The highest BCUT2D eigenvalue weighted by Crippen LogP contribution is 2.12. The second-order valence-corrected chi connectivity index (χ2v) is 5.95. The summed E-state index contributed by atoms with van der Waals surface area (Å²) in [4.78, 5) is 6.57. The summed E-state index contributed by atoms with van der Waals surface area (Å²) in [5, 5.41) is 6.59. The second-order valence-electron chi connectivity index (χ2n) is 5.95. The van der Waals surface area contributed by atoms with E-state index in [0.717, 1.165) is 31.3 Å². The second kappa shape index (κ2) is 15.0. The zero-order valence-corrected chi connectivity index (χ0v) is 19.1. The minimum Gasteiger partial charge on any atom is -0.492 e. The summed E-state index contributed by atoms with van der Waals surface area (Å²) in [7, 11) is 3.46. The molecule has 1 aromatic rings. The molecule has 0 saturated carbocycles. The average Bonchev–Trinajstić information content (AvgIpc) is 2.63. The van der Waals surface area contributed by atoms with Gasteiger partial charge < -0.3 is 25.0 Å². The van der Waals surface area contributed by atoms with Crippen LogP contribution in [0.2, 0.25) is 0 Å². The molecule has 2 N–H and O–H groups in total. The number of benzene rings is 1. The number of guanidine groups is 1. The number of nitrogens with zero attached hydrogens (tertiary/aromatic N) is 2. The predicted octanol–water partition coefficient (Wildman–Crippen LogP) is 2.73. The van der Waals surface area contributed by atoms with Crippen molar-refractivity contribution >= 4 is 29.9 Å². The lowest BCUT2D eigenvalue weighted by atomic mass is 10.2. The van der Waals surface area contributed by atoms with Crippen LogP contribution >= 0.6 is 24.0 Å². The summed E-state index contributed by atoms with van der Waals surface area (Å²) in [6.07, 6.45) is 0. The van der Waals surface area contributed by atoms with E-state index in [0.29, 0.717) is 19.8 Å². The Balaban J connectivity index is 0.00000625. The molecule has 0 amide bonds. The molecule has 1 unspecified atom stereocenters. The molecule has 26 heavy (non-hydrogen) atoms. The Kier molecular flexibility index (Phi) is 14.4. The van der Waals surface area contributed by atoms with E-state index < -0.39 is 0 Å². The molecular formula is C19H35IN4O2. The van der Waals surface area contributed by atoms with Crippen molar-refractivity contribution in [1.29, 1.82) is 0 Å². The van der Waals surface area contributed by atoms with Crippen LogP contribution in [0.5, 0.6) is 5.75 Å². The fraction of sp³-hybridized carbons (Fsp3) is 0.632. The minimum absolute atomic E-state index is 0. The Morgan fingerprint density at radius 3 is 2.38 bits per heavy atom. The Morgan fingerprint density at radius 1 is 1.19 bits per heavy atom. The predicted molar refractivity (Wildman–Crippen MR) is 120 cm³/mol. The molecular weight excluding hydrogens is 443 g/mol. The molecule has 6 nitrogen and oxygen atoms in total. The van der Waals surface area contributed by atoms with Crippen molar-refractivity contribution in [2.24, 2.45) is 4.99 Å². The topological polar surface area (TPSA) is 58.1 Å². The van der Waals surface area contributed by atoms with Crippen molar-refractivity contribution in [2.45, 2.75) is 33.4 Å². The van der Waals surface area contributed by atoms with E-state index in [1.54, 1.807) is 14.2 Å². The fourth-order valence-corrected chi connectivity index (χ4v) is 2.44. The van der Waals surface area contributed by atoms with Crippen LogP contribution in [0, 0.1) is 0 Å². The van der Waals surface area contributed by atoms with E-state index >= 15 is 0 Å². The zero-order chi connectivity index (χ0) is 18.5. The summed E-state index contributed by atoms with van der Waals surface area (Å²) in [6, 6.07) is 8.39. The highest BCUT2D eigenvalue weighted by atomic mass is 127. The van der Waals surface area contributed by atoms with Crippen LogP contribution in [0.1, 0.15) is 26.3 Å². The fourth-order valence-electron chi connectivity index (χ4n) is 2.44. The highest BCUT2D eigenvalue weighted by molar-refractivity contribution is 14.0. The van der Waals surface area contributed by atoms with Crippen molar-refractivity contribution in [3.63, 3.8) is 0 Å². The minimum atomic E-state index is 0. The van der Waals surface area contributed by atoms with E-state index in [1.807, 2.05) is 12.1 Å². The monoisotopic (exact) mass is 478 g/mol. The van der Waals surface area contributed by atoms with Gasteiger partial charge in [0.05, 0.1) is 6.61 Å². The van der Waals surface area contributed by atoms with Crippen LogP contribution in [0.15, 0.2) is 29.3 Å². The van der Waals surface area contributed by atoms with Crippen LogP contribution in [-0.2, 0) is 11.3 Å². The molecule has 1 atom stereocenters. The van der Waals surface area contributed by atoms with E-state index in [1.165, 1.54) is 5.56 Å². The van der Waals surface area contributed by atoms with Gasteiger partial charge in [0.1, 0.15) is 12.4 Å².